The van der Waals surface area contributed by atoms with Crippen molar-refractivity contribution in [2.24, 2.45) is 0 Å². The molecule has 1 amide bonds. The SMILES string of the molecule is O=C(CN1CCCC(O)(Cn2ccnn2)C1)Nc1nc2c(s1)CCCC2. The van der Waals surface area contributed by atoms with Gasteiger partial charge in [0.1, 0.15) is 0 Å². The van der Waals surface area contributed by atoms with E-state index in [2.05, 4.69) is 20.6 Å². The molecule has 4 rings (SSSR count). The molecule has 1 saturated heterocycles. The molecule has 2 aromatic rings. The van der Waals surface area contributed by atoms with Gasteiger partial charge in [-0.3, -0.25) is 9.69 Å². The minimum absolute atomic E-state index is 0.0684. The molecule has 9 heteroatoms. The van der Waals surface area contributed by atoms with E-state index in [0.29, 0.717) is 24.6 Å². The first kappa shape index (κ1) is 17.6. The van der Waals surface area contributed by atoms with Crippen LogP contribution in [0.1, 0.15) is 36.3 Å². The molecule has 0 saturated carbocycles. The lowest BCUT2D eigenvalue weighted by atomic mass is 9.93. The van der Waals surface area contributed by atoms with E-state index >= 15 is 0 Å². The van der Waals surface area contributed by atoms with Crippen LogP contribution in [0.15, 0.2) is 12.4 Å². The van der Waals surface area contributed by atoms with Crippen molar-refractivity contribution in [1.82, 2.24) is 24.9 Å². The summed E-state index contributed by atoms with van der Waals surface area (Å²) in [7, 11) is 0. The van der Waals surface area contributed by atoms with Crippen molar-refractivity contribution >= 4 is 22.4 Å². The molecule has 2 N–H and O–H groups in total. The van der Waals surface area contributed by atoms with E-state index in [4.69, 9.17) is 0 Å². The van der Waals surface area contributed by atoms with Gasteiger partial charge in [0, 0.05) is 17.6 Å². The van der Waals surface area contributed by atoms with E-state index in [1.54, 1.807) is 28.4 Å². The second-order valence-corrected chi connectivity index (χ2v) is 8.37. The first-order valence-corrected chi connectivity index (χ1v) is 9.99. The van der Waals surface area contributed by atoms with Crippen LogP contribution in [-0.2, 0) is 24.2 Å². The van der Waals surface area contributed by atoms with Crippen LogP contribution in [0.25, 0.3) is 0 Å². The number of rotatable bonds is 5. The van der Waals surface area contributed by atoms with Crippen LogP contribution >= 0.6 is 11.3 Å². The van der Waals surface area contributed by atoms with Crippen molar-refractivity contribution in [3.05, 3.63) is 23.0 Å². The van der Waals surface area contributed by atoms with Gasteiger partial charge >= 0.3 is 0 Å². The Hall–Kier alpha value is -1.84. The van der Waals surface area contributed by atoms with Crippen LogP contribution in [0.5, 0.6) is 0 Å². The minimum Gasteiger partial charge on any atom is -0.387 e. The Kier molecular flexibility index (Phi) is 5.01. The fraction of sp³-hybridized carbons (Fsp3) is 0.647. The highest BCUT2D eigenvalue weighted by Crippen LogP contribution is 2.29. The Labute approximate surface area is 156 Å². The first-order chi connectivity index (χ1) is 12.6. The van der Waals surface area contributed by atoms with E-state index < -0.39 is 5.60 Å². The number of aliphatic hydroxyl groups is 1. The Balaban J connectivity index is 1.33. The van der Waals surface area contributed by atoms with E-state index in [1.807, 2.05) is 4.90 Å². The summed E-state index contributed by atoms with van der Waals surface area (Å²) in [5.41, 5.74) is 0.267. The summed E-state index contributed by atoms with van der Waals surface area (Å²) in [4.78, 5) is 20.3. The van der Waals surface area contributed by atoms with Gasteiger partial charge in [0.15, 0.2) is 5.13 Å². The molecule has 0 aromatic carbocycles. The predicted octanol–water partition coefficient (Wildman–Crippen LogP) is 1.08. The van der Waals surface area contributed by atoms with Crippen molar-refractivity contribution in [2.45, 2.75) is 50.7 Å². The van der Waals surface area contributed by atoms with Gasteiger partial charge in [-0.1, -0.05) is 5.21 Å². The standard InChI is InChI=1S/C17H24N6O2S/c24-15(20-16-19-13-4-1-2-5-14(13)26-16)10-22-8-3-6-17(25,11-22)12-23-9-7-18-21-23/h7,9,25H,1-6,8,10-12H2,(H,19,20,24). The molecule has 0 bridgehead atoms. The number of β-amino-alcohol motifs (C(OH)–C–C–N with tert-alkyl or cyclic N) is 1. The molecule has 2 aliphatic rings. The van der Waals surface area contributed by atoms with Crippen molar-refractivity contribution in [1.29, 1.82) is 0 Å². The number of amides is 1. The zero-order valence-electron chi connectivity index (χ0n) is 14.7. The number of nitrogens with zero attached hydrogens (tertiary/aromatic N) is 5. The Morgan fingerprint density at radius 3 is 3.04 bits per heavy atom. The molecule has 140 valence electrons. The molecule has 1 atom stereocenters. The van der Waals surface area contributed by atoms with Gasteiger partial charge in [0.05, 0.1) is 30.6 Å². The maximum atomic E-state index is 12.4. The third-order valence-corrected chi connectivity index (χ3v) is 6.09. The average Bonchev–Trinajstić information content (AvgIpc) is 3.23. The average molecular weight is 376 g/mol. The van der Waals surface area contributed by atoms with Gasteiger partial charge in [0.25, 0.3) is 0 Å². The summed E-state index contributed by atoms with van der Waals surface area (Å²) in [6, 6.07) is 0. The lowest BCUT2D eigenvalue weighted by Gasteiger charge is -2.38. The number of piperidine rings is 1. The number of hydrogen-bond donors (Lipinski definition) is 2. The van der Waals surface area contributed by atoms with Crippen molar-refractivity contribution in [2.75, 3.05) is 25.0 Å². The first-order valence-electron chi connectivity index (χ1n) is 9.17. The van der Waals surface area contributed by atoms with Gasteiger partial charge < -0.3 is 10.4 Å². The molecular weight excluding hydrogens is 352 g/mol. The van der Waals surface area contributed by atoms with Crippen molar-refractivity contribution in [3.63, 3.8) is 0 Å². The zero-order valence-corrected chi connectivity index (χ0v) is 15.5. The van der Waals surface area contributed by atoms with E-state index in [1.165, 1.54) is 17.7 Å². The maximum Gasteiger partial charge on any atom is 0.240 e. The van der Waals surface area contributed by atoms with Crippen LogP contribution in [-0.4, -0.2) is 61.1 Å². The summed E-state index contributed by atoms with van der Waals surface area (Å²) in [5.74, 6) is -0.0684. The Bertz CT molecular complexity index is 738. The molecule has 1 fully saturated rings. The van der Waals surface area contributed by atoms with Gasteiger partial charge in [-0.2, -0.15) is 0 Å². The molecule has 8 nitrogen and oxygen atoms in total. The Morgan fingerprint density at radius 1 is 1.35 bits per heavy atom. The summed E-state index contributed by atoms with van der Waals surface area (Å²) in [6.45, 7) is 1.92. The third kappa shape index (κ3) is 4.11. The molecule has 1 aliphatic heterocycles. The second-order valence-electron chi connectivity index (χ2n) is 7.28. The highest BCUT2D eigenvalue weighted by Gasteiger charge is 2.34. The third-order valence-electron chi connectivity index (χ3n) is 5.02. The predicted molar refractivity (Wildman–Crippen MR) is 98.0 cm³/mol. The normalized spacial score (nSPS) is 23.6. The van der Waals surface area contributed by atoms with E-state index in [0.717, 1.165) is 31.5 Å². The van der Waals surface area contributed by atoms with Crippen molar-refractivity contribution in [3.8, 4) is 0 Å². The largest absolute Gasteiger partial charge is 0.387 e. The molecule has 2 aromatic heterocycles. The summed E-state index contributed by atoms with van der Waals surface area (Å²) in [5, 5.41) is 22.2. The van der Waals surface area contributed by atoms with Crippen LogP contribution in [0.3, 0.4) is 0 Å². The fourth-order valence-electron chi connectivity index (χ4n) is 3.86. The highest BCUT2D eigenvalue weighted by molar-refractivity contribution is 7.15. The van der Waals surface area contributed by atoms with Crippen LogP contribution in [0, 0.1) is 0 Å². The summed E-state index contributed by atoms with van der Waals surface area (Å²) >= 11 is 1.60. The van der Waals surface area contributed by atoms with Crippen LogP contribution in [0.4, 0.5) is 5.13 Å². The quantitative estimate of drug-likeness (QED) is 0.811. The number of aryl methyl sites for hydroxylation is 2. The number of fused-ring (bicyclic) bond motifs is 1. The lowest BCUT2D eigenvalue weighted by molar-refractivity contribution is -0.119. The van der Waals surface area contributed by atoms with Crippen LogP contribution < -0.4 is 5.32 Å². The number of nitrogens with one attached hydrogen (secondary N) is 1. The van der Waals surface area contributed by atoms with Gasteiger partial charge in [0.2, 0.25) is 5.91 Å². The second kappa shape index (κ2) is 7.42. The van der Waals surface area contributed by atoms with Crippen LogP contribution in [0.2, 0.25) is 0 Å². The van der Waals surface area contributed by atoms with Gasteiger partial charge in [-0.15, -0.1) is 16.4 Å². The molecular formula is C17H24N6O2S. The van der Waals surface area contributed by atoms with Gasteiger partial charge in [-0.25, -0.2) is 9.67 Å². The van der Waals surface area contributed by atoms with E-state index in [9.17, 15) is 9.90 Å². The fourth-order valence-corrected chi connectivity index (χ4v) is 4.92. The number of anilines is 1. The number of carbonyl (C=O) groups is 1. The smallest absolute Gasteiger partial charge is 0.240 e. The monoisotopic (exact) mass is 376 g/mol. The number of aromatic nitrogens is 4. The number of carbonyl (C=O) groups excluding carboxylic acids is 1. The zero-order chi connectivity index (χ0) is 18.0. The topological polar surface area (TPSA) is 96.2 Å². The summed E-state index contributed by atoms with van der Waals surface area (Å²) in [6.07, 6.45) is 9.38. The number of likely N-dealkylation sites (tertiary alicyclic amines) is 1. The molecule has 3 heterocycles. The van der Waals surface area contributed by atoms with E-state index in [-0.39, 0.29) is 12.5 Å². The summed E-state index contributed by atoms with van der Waals surface area (Å²) < 4.78 is 1.64. The molecule has 1 unspecified atom stereocenters. The maximum absolute atomic E-state index is 12.4. The lowest BCUT2D eigenvalue weighted by Crippen LogP contribution is -2.52. The minimum atomic E-state index is -0.882. The highest BCUT2D eigenvalue weighted by atomic mass is 32.1. The molecule has 26 heavy (non-hydrogen) atoms. The number of thiazole rings is 1. The molecule has 0 radical (unpaired) electrons. The molecule has 1 aliphatic carbocycles. The molecule has 0 spiro atoms. The van der Waals surface area contributed by atoms with Crippen molar-refractivity contribution < 1.29 is 9.90 Å². The Morgan fingerprint density at radius 2 is 2.23 bits per heavy atom. The number of hydrogen-bond acceptors (Lipinski definition) is 7. The van der Waals surface area contributed by atoms with Gasteiger partial charge in [-0.05, 0) is 45.1 Å².